The van der Waals surface area contributed by atoms with Crippen LogP contribution in [-0.4, -0.2) is 72.2 Å². The molecule has 0 bridgehead atoms. The molecule has 0 unspecified atom stereocenters. The number of rotatable bonds is 7. The lowest BCUT2D eigenvalue weighted by Crippen LogP contribution is -2.50. The van der Waals surface area contributed by atoms with Crippen LogP contribution in [0.5, 0.6) is 0 Å². The zero-order valence-electron chi connectivity index (χ0n) is 21.0. The quantitative estimate of drug-likeness (QED) is 0.386. The van der Waals surface area contributed by atoms with E-state index in [0.717, 1.165) is 42.2 Å². The van der Waals surface area contributed by atoms with E-state index in [-0.39, 0.29) is 12.1 Å². The highest BCUT2D eigenvalue weighted by molar-refractivity contribution is 6.76. The standard InChI is InChI=1S/C23H38ClN5O3Si/c1-23(2,3)32-22(30)28-11-8-9-17(15-28)27(4)21-19-18(20(24)25-26-21)10-12-29(19)16-31-13-14-33(5,6)7/h10,12,17H,8-9,11,13-16H2,1-7H3/t17-/m1/s1. The maximum atomic E-state index is 12.6. The summed E-state index contributed by atoms with van der Waals surface area (Å²) in [5, 5.41) is 9.86. The zero-order valence-corrected chi connectivity index (χ0v) is 22.8. The number of hydrogen-bond acceptors (Lipinski definition) is 6. The van der Waals surface area contributed by atoms with Crippen LogP contribution in [0.4, 0.5) is 10.6 Å². The summed E-state index contributed by atoms with van der Waals surface area (Å²) in [6.07, 6.45) is 3.56. The van der Waals surface area contributed by atoms with Crippen molar-refractivity contribution in [3.8, 4) is 0 Å². The summed E-state index contributed by atoms with van der Waals surface area (Å²) in [5.41, 5.74) is 0.389. The number of carbonyl (C=O) groups excluding carboxylic acids is 1. The van der Waals surface area contributed by atoms with Gasteiger partial charge in [0.1, 0.15) is 12.3 Å². The number of aromatic nitrogens is 3. The van der Waals surface area contributed by atoms with Gasteiger partial charge in [-0.25, -0.2) is 4.79 Å². The minimum absolute atomic E-state index is 0.0982. The van der Waals surface area contributed by atoms with Crippen molar-refractivity contribution >= 4 is 42.5 Å². The van der Waals surface area contributed by atoms with E-state index in [4.69, 9.17) is 21.1 Å². The Morgan fingerprint density at radius 2 is 2.03 bits per heavy atom. The fourth-order valence-electron chi connectivity index (χ4n) is 3.90. The highest BCUT2D eigenvalue weighted by Gasteiger charge is 2.31. The Morgan fingerprint density at radius 1 is 1.30 bits per heavy atom. The fourth-order valence-corrected chi connectivity index (χ4v) is 4.85. The molecule has 1 saturated heterocycles. The summed E-state index contributed by atoms with van der Waals surface area (Å²) in [4.78, 5) is 16.5. The Bertz CT molecular complexity index is 969. The maximum absolute atomic E-state index is 12.6. The molecule has 2 aromatic heterocycles. The van der Waals surface area contributed by atoms with Gasteiger partial charge >= 0.3 is 6.09 Å². The lowest BCUT2D eigenvalue weighted by molar-refractivity contribution is 0.0199. The minimum Gasteiger partial charge on any atom is -0.444 e. The van der Waals surface area contributed by atoms with Crippen LogP contribution < -0.4 is 4.90 Å². The first kappa shape index (κ1) is 25.8. The van der Waals surface area contributed by atoms with E-state index in [1.165, 1.54) is 0 Å². The average molecular weight is 496 g/mol. The van der Waals surface area contributed by atoms with Gasteiger partial charge in [0, 0.05) is 52.4 Å². The Kier molecular flexibility index (Phi) is 7.96. The van der Waals surface area contributed by atoms with Gasteiger partial charge < -0.3 is 23.8 Å². The Hall–Kier alpha value is -1.84. The van der Waals surface area contributed by atoms with Crippen molar-refractivity contribution in [2.45, 2.75) is 77.7 Å². The van der Waals surface area contributed by atoms with Crippen molar-refractivity contribution in [1.29, 1.82) is 0 Å². The number of nitrogens with zero attached hydrogens (tertiary/aromatic N) is 5. The van der Waals surface area contributed by atoms with Crippen molar-refractivity contribution in [2.75, 3.05) is 31.6 Å². The van der Waals surface area contributed by atoms with Crippen molar-refractivity contribution in [2.24, 2.45) is 0 Å². The SMILES string of the molecule is CN(c1nnc(Cl)c2ccn(COCC[Si](C)(C)C)c12)[C@@H]1CCCN(C(=O)OC(C)(C)C)C1. The van der Waals surface area contributed by atoms with Crippen LogP contribution in [0.3, 0.4) is 0 Å². The molecule has 3 heterocycles. The second-order valence-corrected chi connectivity index (χ2v) is 17.0. The van der Waals surface area contributed by atoms with Crippen molar-refractivity contribution in [1.82, 2.24) is 19.7 Å². The normalized spacial score (nSPS) is 17.5. The second-order valence-electron chi connectivity index (χ2n) is 11.0. The first-order valence-electron chi connectivity index (χ1n) is 11.7. The molecule has 0 radical (unpaired) electrons. The Labute approximate surface area is 203 Å². The van der Waals surface area contributed by atoms with Crippen LogP contribution >= 0.6 is 11.6 Å². The molecule has 0 aromatic carbocycles. The van der Waals surface area contributed by atoms with E-state index in [2.05, 4.69) is 34.7 Å². The number of likely N-dealkylation sites (N-methyl/N-ethyl adjacent to an activating group) is 1. The van der Waals surface area contributed by atoms with Gasteiger partial charge in [0.15, 0.2) is 11.0 Å². The molecule has 10 heteroatoms. The average Bonchev–Trinajstić information content (AvgIpc) is 3.14. The molecule has 1 aliphatic rings. The highest BCUT2D eigenvalue weighted by Crippen LogP contribution is 2.31. The molecule has 0 saturated carbocycles. The lowest BCUT2D eigenvalue weighted by atomic mass is 10.0. The molecule has 1 amide bonds. The summed E-state index contributed by atoms with van der Waals surface area (Å²) >= 11 is 6.37. The van der Waals surface area contributed by atoms with Crippen LogP contribution in [0.15, 0.2) is 12.3 Å². The molecule has 0 aliphatic carbocycles. The molecule has 0 spiro atoms. The number of anilines is 1. The van der Waals surface area contributed by atoms with Crippen molar-refractivity contribution < 1.29 is 14.3 Å². The van der Waals surface area contributed by atoms with Gasteiger partial charge in [0.05, 0.1) is 5.52 Å². The molecule has 33 heavy (non-hydrogen) atoms. The molecular weight excluding hydrogens is 458 g/mol. The molecule has 2 aromatic rings. The summed E-state index contributed by atoms with van der Waals surface area (Å²) in [5.74, 6) is 0.740. The zero-order chi connectivity index (χ0) is 24.4. The second kappa shape index (κ2) is 10.2. The number of likely N-dealkylation sites (tertiary alicyclic amines) is 1. The highest BCUT2D eigenvalue weighted by atomic mass is 35.5. The van der Waals surface area contributed by atoms with Gasteiger partial charge in [0.2, 0.25) is 0 Å². The molecular formula is C23H38ClN5O3Si. The number of piperidine rings is 1. The molecule has 1 atom stereocenters. The Balaban J connectivity index is 1.78. The largest absolute Gasteiger partial charge is 0.444 e. The van der Waals surface area contributed by atoms with E-state index in [0.29, 0.717) is 25.0 Å². The van der Waals surface area contributed by atoms with E-state index >= 15 is 0 Å². The van der Waals surface area contributed by atoms with Crippen LogP contribution in [0.1, 0.15) is 33.6 Å². The van der Waals surface area contributed by atoms with Gasteiger partial charge in [0.25, 0.3) is 0 Å². The fraction of sp³-hybridized carbons (Fsp3) is 0.696. The van der Waals surface area contributed by atoms with Crippen molar-refractivity contribution in [3.63, 3.8) is 0 Å². The van der Waals surface area contributed by atoms with Crippen molar-refractivity contribution in [3.05, 3.63) is 17.4 Å². The summed E-state index contributed by atoms with van der Waals surface area (Å²) in [6, 6.07) is 3.17. The smallest absolute Gasteiger partial charge is 0.410 e. The van der Waals surface area contributed by atoms with Gasteiger partial charge in [-0.2, -0.15) is 0 Å². The number of ether oxygens (including phenoxy) is 2. The molecule has 3 rings (SSSR count). The topological polar surface area (TPSA) is 72.7 Å². The number of hydrogen-bond donors (Lipinski definition) is 0. The van der Waals surface area contributed by atoms with E-state index in [1.54, 1.807) is 4.90 Å². The van der Waals surface area contributed by atoms with E-state index < -0.39 is 13.7 Å². The molecule has 1 fully saturated rings. The summed E-state index contributed by atoms with van der Waals surface area (Å²) in [7, 11) is 0.851. The lowest BCUT2D eigenvalue weighted by Gasteiger charge is -2.38. The van der Waals surface area contributed by atoms with Gasteiger partial charge in [-0.3, -0.25) is 0 Å². The Morgan fingerprint density at radius 3 is 2.70 bits per heavy atom. The predicted molar refractivity (Wildman–Crippen MR) is 136 cm³/mol. The summed E-state index contributed by atoms with van der Waals surface area (Å²) < 4.78 is 13.6. The van der Waals surface area contributed by atoms with Gasteiger partial charge in [-0.15, -0.1) is 10.2 Å². The third-order valence-corrected chi connectivity index (χ3v) is 7.77. The summed E-state index contributed by atoms with van der Waals surface area (Å²) in [6.45, 7) is 15.1. The molecule has 1 aliphatic heterocycles. The number of fused-ring (bicyclic) bond motifs is 1. The number of amides is 1. The third-order valence-electron chi connectivity index (χ3n) is 5.79. The van der Waals surface area contributed by atoms with Crippen LogP contribution in [0, 0.1) is 0 Å². The maximum Gasteiger partial charge on any atom is 0.410 e. The molecule has 8 nitrogen and oxygen atoms in total. The number of carbonyl (C=O) groups is 1. The van der Waals surface area contributed by atoms with Gasteiger partial charge in [-0.1, -0.05) is 31.2 Å². The van der Waals surface area contributed by atoms with Crippen LogP contribution in [0.2, 0.25) is 30.8 Å². The monoisotopic (exact) mass is 495 g/mol. The van der Waals surface area contributed by atoms with Gasteiger partial charge in [-0.05, 0) is 45.7 Å². The third kappa shape index (κ3) is 6.83. The van der Waals surface area contributed by atoms with Crippen LogP contribution in [0.25, 0.3) is 10.9 Å². The van der Waals surface area contributed by atoms with Crippen LogP contribution in [-0.2, 0) is 16.2 Å². The minimum atomic E-state index is -1.15. The predicted octanol–water partition coefficient (Wildman–Crippen LogP) is 5.23. The molecule has 184 valence electrons. The first-order chi connectivity index (χ1) is 15.4. The number of halogens is 1. The molecule has 0 N–H and O–H groups in total. The first-order valence-corrected chi connectivity index (χ1v) is 15.7. The van der Waals surface area contributed by atoms with E-state index in [9.17, 15) is 4.79 Å². The van der Waals surface area contributed by atoms with E-state index in [1.807, 2.05) is 44.6 Å².